The van der Waals surface area contributed by atoms with Gasteiger partial charge in [-0.15, -0.1) is 0 Å². The highest BCUT2D eigenvalue weighted by molar-refractivity contribution is 6.40. The van der Waals surface area contributed by atoms with Crippen LogP contribution in [0.25, 0.3) is 21.9 Å². The van der Waals surface area contributed by atoms with Crippen LogP contribution in [-0.4, -0.2) is 4.92 Å². The van der Waals surface area contributed by atoms with Gasteiger partial charge in [0.1, 0.15) is 5.58 Å². The van der Waals surface area contributed by atoms with Gasteiger partial charge in [-0.3, -0.25) is 10.1 Å². The molecule has 0 spiro atoms. The van der Waals surface area contributed by atoms with Crippen LogP contribution in [0.1, 0.15) is 5.56 Å². The Morgan fingerprint density at radius 3 is 2.63 bits per heavy atom. The number of hydrogen-bond donors (Lipinski definition) is 0. The van der Waals surface area contributed by atoms with E-state index < -0.39 is 4.92 Å². The monoisotopic (exact) mass is 295 g/mol. The first-order chi connectivity index (χ1) is 8.97. The number of rotatable bonds is 1. The Bertz CT molecular complexity index is 839. The molecular weight excluding hydrogens is 289 g/mol. The molecule has 0 atom stereocenters. The number of nitrogens with zero attached hydrogens (tertiary/aromatic N) is 1. The Morgan fingerprint density at radius 2 is 1.95 bits per heavy atom. The van der Waals surface area contributed by atoms with E-state index in [0.29, 0.717) is 26.4 Å². The van der Waals surface area contributed by atoms with Crippen LogP contribution in [-0.2, 0) is 0 Å². The van der Waals surface area contributed by atoms with Crippen LogP contribution in [0.15, 0.2) is 28.7 Å². The van der Waals surface area contributed by atoms with E-state index in [2.05, 4.69) is 0 Å². The summed E-state index contributed by atoms with van der Waals surface area (Å²) in [6.45, 7) is 1.79. The summed E-state index contributed by atoms with van der Waals surface area (Å²) in [6, 6.07) is 6.48. The second kappa shape index (κ2) is 4.11. The van der Waals surface area contributed by atoms with E-state index in [1.54, 1.807) is 19.1 Å². The van der Waals surface area contributed by atoms with Crippen molar-refractivity contribution in [2.75, 3.05) is 0 Å². The molecule has 0 saturated carbocycles. The molecule has 0 amide bonds. The van der Waals surface area contributed by atoms with Crippen molar-refractivity contribution in [3.05, 3.63) is 50.0 Å². The number of halogens is 2. The van der Waals surface area contributed by atoms with Crippen LogP contribution in [0.3, 0.4) is 0 Å². The van der Waals surface area contributed by atoms with Gasteiger partial charge in [0.05, 0.1) is 9.95 Å². The molecule has 0 aliphatic heterocycles. The molecule has 2 aromatic carbocycles. The number of fused-ring (bicyclic) bond motifs is 3. The van der Waals surface area contributed by atoms with Crippen molar-refractivity contribution < 1.29 is 9.34 Å². The third kappa shape index (κ3) is 1.84. The van der Waals surface area contributed by atoms with E-state index in [4.69, 9.17) is 27.6 Å². The van der Waals surface area contributed by atoms with Gasteiger partial charge in [-0.1, -0.05) is 23.2 Å². The minimum atomic E-state index is -0.465. The number of non-ortho nitro benzene ring substituents is 1. The zero-order valence-corrected chi connectivity index (χ0v) is 11.2. The predicted molar refractivity (Wildman–Crippen MR) is 75.1 cm³/mol. The number of benzene rings is 2. The van der Waals surface area contributed by atoms with Gasteiger partial charge in [0.15, 0.2) is 0 Å². The van der Waals surface area contributed by atoms with Gasteiger partial charge in [-0.2, -0.15) is 0 Å². The van der Waals surface area contributed by atoms with E-state index in [-0.39, 0.29) is 11.3 Å². The van der Waals surface area contributed by atoms with E-state index in [9.17, 15) is 10.1 Å². The predicted octanol–water partition coefficient (Wildman–Crippen LogP) is 5.11. The molecule has 1 heterocycles. The molecule has 0 bridgehead atoms. The molecule has 0 aliphatic carbocycles. The fourth-order valence-corrected chi connectivity index (χ4v) is 2.76. The second-order valence-corrected chi connectivity index (χ2v) is 5.12. The average Bonchev–Trinajstić information content (AvgIpc) is 2.65. The van der Waals surface area contributed by atoms with Crippen molar-refractivity contribution in [1.29, 1.82) is 0 Å². The lowest BCUT2D eigenvalue weighted by atomic mass is 10.1. The first-order valence-electron chi connectivity index (χ1n) is 5.43. The molecule has 6 heteroatoms. The summed E-state index contributed by atoms with van der Waals surface area (Å²) in [5.74, 6) is 0. The van der Waals surface area contributed by atoms with Gasteiger partial charge < -0.3 is 4.42 Å². The Balaban J connectivity index is 2.57. The summed E-state index contributed by atoms with van der Waals surface area (Å²) in [7, 11) is 0. The second-order valence-electron chi connectivity index (χ2n) is 4.28. The molecule has 3 aromatic rings. The zero-order valence-electron chi connectivity index (χ0n) is 9.74. The molecule has 0 fully saturated rings. The molecule has 0 radical (unpaired) electrons. The van der Waals surface area contributed by atoms with E-state index in [1.807, 2.05) is 6.07 Å². The fraction of sp³-hybridized carbons (Fsp3) is 0.0769. The number of nitro groups is 1. The molecule has 0 saturated heterocycles. The SMILES string of the molecule is Cc1cc([N+](=O)[O-])c2oc3cc(Cl)cc(Cl)c3c2c1. The molecular formula is C13H7Cl2NO3. The highest BCUT2D eigenvalue weighted by Crippen LogP contribution is 2.40. The average molecular weight is 296 g/mol. The molecule has 96 valence electrons. The first-order valence-corrected chi connectivity index (χ1v) is 6.19. The zero-order chi connectivity index (χ0) is 13.7. The minimum Gasteiger partial charge on any atom is -0.449 e. The van der Waals surface area contributed by atoms with Crippen molar-refractivity contribution in [3.8, 4) is 0 Å². The molecule has 19 heavy (non-hydrogen) atoms. The van der Waals surface area contributed by atoms with Crippen molar-refractivity contribution in [2.45, 2.75) is 6.92 Å². The Labute approximate surface area is 117 Å². The quantitative estimate of drug-likeness (QED) is 0.463. The van der Waals surface area contributed by atoms with Crippen molar-refractivity contribution in [2.24, 2.45) is 0 Å². The normalized spacial score (nSPS) is 11.3. The highest BCUT2D eigenvalue weighted by atomic mass is 35.5. The third-order valence-electron chi connectivity index (χ3n) is 2.91. The summed E-state index contributed by atoms with van der Waals surface area (Å²) in [4.78, 5) is 10.6. The van der Waals surface area contributed by atoms with E-state index in [0.717, 1.165) is 5.56 Å². The number of nitro benzene ring substituents is 1. The van der Waals surface area contributed by atoms with Crippen LogP contribution < -0.4 is 0 Å². The highest BCUT2D eigenvalue weighted by Gasteiger charge is 2.20. The number of furan rings is 1. The molecule has 3 rings (SSSR count). The maximum Gasteiger partial charge on any atom is 0.312 e. The number of hydrogen-bond acceptors (Lipinski definition) is 3. The summed E-state index contributed by atoms with van der Waals surface area (Å²) < 4.78 is 5.55. The minimum absolute atomic E-state index is 0.0709. The van der Waals surface area contributed by atoms with E-state index >= 15 is 0 Å². The van der Waals surface area contributed by atoms with Crippen LogP contribution in [0.2, 0.25) is 10.0 Å². The Hall–Kier alpha value is -1.78. The molecule has 0 aliphatic rings. The molecule has 0 unspecified atom stereocenters. The van der Waals surface area contributed by atoms with Crippen molar-refractivity contribution in [1.82, 2.24) is 0 Å². The Kier molecular flexibility index (Phi) is 2.66. The first kappa shape index (κ1) is 12.3. The topological polar surface area (TPSA) is 56.3 Å². The summed E-state index contributed by atoms with van der Waals surface area (Å²) in [6.07, 6.45) is 0. The maximum absolute atomic E-state index is 11.1. The lowest BCUT2D eigenvalue weighted by Gasteiger charge is -1.97. The van der Waals surface area contributed by atoms with E-state index in [1.165, 1.54) is 6.07 Å². The van der Waals surface area contributed by atoms with Gasteiger partial charge in [0.2, 0.25) is 5.58 Å². The summed E-state index contributed by atoms with van der Waals surface area (Å²) in [5, 5.41) is 13.2. The molecule has 1 aromatic heterocycles. The lowest BCUT2D eigenvalue weighted by molar-refractivity contribution is -0.383. The maximum atomic E-state index is 11.1. The lowest BCUT2D eigenvalue weighted by Crippen LogP contribution is -1.89. The van der Waals surface area contributed by atoms with Crippen molar-refractivity contribution in [3.63, 3.8) is 0 Å². The fourth-order valence-electron chi connectivity index (χ4n) is 2.18. The smallest absolute Gasteiger partial charge is 0.312 e. The van der Waals surface area contributed by atoms with Gasteiger partial charge in [-0.05, 0) is 24.6 Å². The summed E-state index contributed by atoms with van der Waals surface area (Å²) >= 11 is 12.1. The van der Waals surface area contributed by atoms with Crippen LogP contribution in [0.5, 0.6) is 0 Å². The van der Waals surface area contributed by atoms with Crippen LogP contribution in [0.4, 0.5) is 5.69 Å². The molecule has 0 N–H and O–H groups in total. The van der Waals surface area contributed by atoms with Crippen LogP contribution >= 0.6 is 23.2 Å². The third-order valence-corrected chi connectivity index (χ3v) is 3.43. The van der Waals surface area contributed by atoms with Crippen molar-refractivity contribution >= 4 is 50.8 Å². The standard InChI is InChI=1S/C13H7Cl2NO3/c1-6-2-8-12-9(15)4-7(14)5-11(12)19-13(8)10(3-6)16(17)18/h2-5H,1H3. The summed E-state index contributed by atoms with van der Waals surface area (Å²) in [5.41, 5.74) is 1.36. The largest absolute Gasteiger partial charge is 0.449 e. The molecule has 4 nitrogen and oxygen atoms in total. The van der Waals surface area contributed by atoms with Gasteiger partial charge in [0, 0.05) is 27.9 Å². The van der Waals surface area contributed by atoms with Gasteiger partial charge >= 0.3 is 5.69 Å². The van der Waals surface area contributed by atoms with Crippen LogP contribution in [0, 0.1) is 17.0 Å². The number of aryl methyl sites for hydroxylation is 1. The van der Waals surface area contributed by atoms with Gasteiger partial charge in [0.25, 0.3) is 0 Å². The van der Waals surface area contributed by atoms with Gasteiger partial charge in [-0.25, -0.2) is 0 Å². The Morgan fingerprint density at radius 1 is 1.21 bits per heavy atom.